The Morgan fingerprint density at radius 1 is 1.53 bits per heavy atom. The molecule has 86 valence electrons. The molecule has 0 saturated carbocycles. The summed E-state index contributed by atoms with van der Waals surface area (Å²) in [5.41, 5.74) is 5.53. The predicted molar refractivity (Wildman–Crippen MR) is 55.3 cm³/mol. The molecule has 1 amide bonds. The third kappa shape index (κ3) is 3.20. The van der Waals surface area contributed by atoms with Gasteiger partial charge >= 0.3 is 5.97 Å². The number of hydrogen-bond donors (Lipinski definition) is 2. The molecule has 0 spiro atoms. The number of likely N-dealkylation sites (tertiary alicyclic amines) is 1. The van der Waals surface area contributed by atoms with E-state index in [1.807, 2.05) is 0 Å². The molecule has 0 aromatic rings. The first-order valence-corrected chi connectivity index (χ1v) is 5.30. The lowest BCUT2D eigenvalue weighted by molar-refractivity contribution is -0.152. The van der Waals surface area contributed by atoms with Gasteiger partial charge in [0, 0.05) is 19.0 Å². The third-order valence-corrected chi connectivity index (χ3v) is 2.60. The van der Waals surface area contributed by atoms with Crippen molar-refractivity contribution in [2.75, 3.05) is 6.54 Å². The Kier molecular flexibility index (Phi) is 4.08. The van der Waals surface area contributed by atoms with Crippen molar-refractivity contribution in [2.45, 2.75) is 44.7 Å². The molecule has 1 rings (SSSR count). The summed E-state index contributed by atoms with van der Waals surface area (Å²) in [6, 6.07) is -0.862. The highest BCUT2D eigenvalue weighted by Crippen LogP contribution is 2.18. The van der Waals surface area contributed by atoms with E-state index < -0.39 is 12.0 Å². The van der Waals surface area contributed by atoms with Gasteiger partial charge in [-0.2, -0.15) is 0 Å². The van der Waals surface area contributed by atoms with Crippen LogP contribution in [0.4, 0.5) is 0 Å². The SMILES string of the molecule is CC(N)CC(=O)N1CCCCC1C(=O)O. The zero-order valence-electron chi connectivity index (χ0n) is 8.98. The number of rotatable bonds is 3. The molecule has 2 unspecified atom stereocenters. The van der Waals surface area contributed by atoms with E-state index in [9.17, 15) is 9.59 Å². The lowest BCUT2D eigenvalue weighted by Gasteiger charge is -2.33. The van der Waals surface area contributed by atoms with E-state index >= 15 is 0 Å². The Bertz CT molecular complexity index is 253. The molecule has 1 aliphatic heterocycles. The van der Waals surface area contributed by atoms with Gasteiger partial charge in [-0.3, -0.25) is 4.79 Å². The van der Waals surface area contributed by atoms with Crippen LogP contribution in [0.15, 0.2) is 0 Å². The fourth-order valence-corrected chi connectivity index (χ4v) is 1.88. The third-order valence-electron chi connectivity index (χ3n) is 2.60. The lowest BCUT2D eigenvalue weighted by Crippen LogP contribution is -2.49. The molecule has 0 aromatic heterocycles. The molecule has 0 aliphatic carbocycles. The molecule has 0 aromatic carbocycles. The summed E-state index contributed by atoms with van der Waals surface area (Å²) in [6.45, 7) is 2.29. The summed E-state index contributed by atoms with van der Waals surface area (Å²) in [5, 5.41) is 8.97. The molecule has 1 heterocycles. The number of carboxylic acid groups (broad SMARTS) is 1. The lowest BCUT2D eigenvalue weighted by atomic mass is 10.0. The molecule has 15 heavy (non-hydrogen) atoms. The molecule has 1 fully saturated rings. The van der Waals surface area contributed by atoms with Crippen molar-refractivity contribution in [2.24, 2.45) is 5.73 Å². The minimum Gasteiger partial charge on any atom is -0.480 e. The van der Waals surface area contributed by atoms with Crippen molar-refractivity contribution in [1.29, 1.82) is 0 Å². The molecule has 1 saturated heterocycles. The van der Waals surface area contributed by atoms with Crippen molar-refractivity contribution in [3.63, 3.8) is 0 Å². The monoisotopic (exact) mass is 214 g/mol. The van der Waals surface area contributed by atoms with Gasteiger partial charge in [-0.05, 0) is 26.2 Å². The van der Waals surface area contributed by atoms with Crippen molar-refractivity contribution >= 4 is 11.9 Å². The normalized spacial score (nSPS) is 23.6. The van der Waals surface area contributed by atoms with Crippen molar-refractivity contribution < 1.29 is 14.7 Å². The number of carboxylic acids is 1. The summed E-state index contributed by atoms with van der Waals surface area (Å²) in [7, 11) is 0. The fourth-order valence-electron chi connectivity index (χ4n) is 1.88. The average Bonchev–Trinajstić information content (AvgIpc) is 2.16. The van der Waals surface area contributed by atoms with Gasteiger partial charge in [0.1, 0.15) is 6.04 Å². The molecule has 1 aliphatic rings. The minimum absolute atomic E-state index is 0.142. The highest BCUT2D eigenvalue weighted by molar-refractivity contribution is 5.84. The number of amides is 1. The van der Waals surface area contributed by atoms with Crippen LogP contribution in [0.2, 0.25) is 0 Å². The first-order valence-electron chi connectivity index (χ1n) is 5.30. The number of carbonyl (C=O) groups excluding carboxylic acids is 1. The maximum atomic E-state index is 11.7. The van der Waals surface area contributed by atoms with Crippen LogP contribution >= 0.6 is 0 Å². The minimum atomic E-state index is -0.910. The first kappa shape index (κ1) is 12.0. The standard InChI is InChI=1S/C10H18N2O3/c1-7(11)6-9(13)12-5-3-2-4-8(12)10(14)15/h7-8H,2-6,11H2,1H3,(H,14,15). The van der Waals surface area contributed by atoms with Gasteiger partial charge in [-0.15, -0.1) is 0 Å². The van der Waals surface area contributed by atoms with Crippen LogP contribution in [-0.4, -0.2) is 40.5 Å². The van der Waals surface area contributed by atoms with Gasteiger partial charge in [0.2, 0.25) is 5.91 Å². The second kappa shape index (κ2) is 5.11. The smallest absolute Gasteiger partial charge is 0.326 e. The highest BCUT2D eigenvalue weighted by atomic mass is 16.4. The van der Waals surface area contributed by atoms with Crippen LogP contribution in [0.25, 0.3) is 0 Å². The van der Waals surface area contributed by atoms with Gasteiger partial charge in [0.25, 0.3) is 0 Å². The van der Waals surface area contributed by atoms with E-state index in [4.69, 9.17) is 10.8 Å². The quantitative estimate of drug-likeness (QED) is 0.702. The Morgan fingerprint density at radius 2 is 2.20 bits per heavy atom. The van der Waals surface area contributed by atoms with E-state index in [0.717, 1.165) is 12.8 Å². The molecule has 5 nitrogen and oxygen atoms in total. The highest BCUT2D eigenvalue weighted by Gasteiger charge is 2.31. The summed E-state index contributed by atoms with van der Waals surface area (Å²) in [6.07, 6.45) is 2.54. The summed E-state index contributed by atoms with van der Waals surface area (Å²) in [5.74, 6) is -1.05. The Hall–Kier alpha value is -1.10. The van der Waals surface area contributed by atoms with E-state index in [1.165, 1.54) is 4.90 Å². The molecule has 5 heteroatoms. The molecule has 2 atom stereocenters. The largest absolute Gasteiger partial charge is 0.480 e. The van der Waals surface area contributed by atoms with Gasteiger partial charge in [0.15, 0.2) is 0 Å². The van der Waals surface area contributed by atoms with Crippen LogP contribution < -0.4 is 5.73 Å². The fraction of sp³-hybridized carbons (Fsp3) is 0.800. The van der Waals surface area contributed by atoms with Gasteiger partial charge in [-0.25, -0.2) is 4.79 Å². The predicted octanol–water partition coefficient (Wildman–Crippen LogP) is 0.189. The van der Waals surface area contributed by atoms with Crippen LogP contribution in [0.1, 0.15) is 32.6 Å². The first-order chi connectivity index (χ1) is 7.02. The molecular weight excluding hydrogens is 196 g/mol. The van der Waals surface area contributed by atoms with Crippen molar-refractivity contribution in [3.05, 3.63) is 0 Å². The molecule has 0 bridgehead atoms. The van der Waals surface area contributed by atoms with Crippen LogP contribution in [0.3, 0.4) is 0 Å². The topological polar surface area (TPSA) is 83.6 Å². The number of nitrogens with zero attached hydrogens (tertiary/aromatic N) is 1. The van der Waals surface area contributed by atoms with Crippen molar-refractivity contribution in [1.82, 2.24) is 4.90 Å². The summed E-state index contributed by atoms with van der Waals surface area (Å²) < 4.78 is 0. The second-order valence-corrected chi connectivity index (χ2v) is 4.12. The van der Waals surface area contributed by atoms with Gasteiger partial charge < -0.3 is 15.7 Å². The Balaban J connectivity index is 2.63. The van der Waals surface area contributed by atoms with E-state index in [0.29, 0.717) is 13.0 Å². The number of aliphatic carboxylic acids is 1. The second-order valence-electron chi connectivity index (χ2n) is 4.12. The zero-order valence-corrected chi connectivity index (χ0v) is 8.98. The van der Waals surface area contributed by atoms with Gasteiger partial charge in [0.05, 0.1) is 0 Å². The van der Waals surface area contributed by atoms with Crippen molar-refractivity contribution in [3.8, 4) is 0 Å². The number of piperidine rings is 1. The number of hydrogen-bond acceptors (Lipinski definition) is 3. The maximum Gasteiger partial charge on any atom is 0.326 e. The number of nitrogens with two attached hydrogens (primary N) is 1. The summed E-state index contributed by atoms with van der Waals surface area (Å²) in [4.78, 5) is 24.1. The van der Waals surface area contributed by atoms with Gasteiger partial charge in [-0.1, -0.05) is 0 Å². The molecular formula is C10H18N2O3. The number of carbonyl (C=O) groups is 2. The average molecular weight is 214 g/mol. The van der Waals surface area contributed by atoms with E-state index in [1.54, 1.807) is 6.92 Å². The Morgan fingerprint density at radius 3 is 2.73 bits per heavy atom. The molecule has 3 N–H and O–H groups in total. The summed E-state index contributed by atoms with van der Waals surface area (Å²) >= 11 is 0. The maximum absolute atomic E-state index is 11.7. The zero-order chi connectivity index (χ0) is 11.4. The van der Waals surface area contributed by atoms with Crippen LogP contribution in [0.5, 0.6) is 0 Å². The van der Waals surface area contributed by atoms with Crippen LogP contribution in [-0.2, 0) is 9.59 Å². The van der Waals surface area contributed by atoms with E-state index in [-0.39, 0.29) is 18.4 Å². The Labute approximate surface area is 89.2 Å². The molecule has 0 radical (unpaired) electrons. The van der Waals surface area contributed by atoms with Crippen LogP contribution in [0, 0.1) is 0 Å². The van der Waals surface area contributed by atoms with E-state index in [2.05, 4.69) is 0 Å².